The second-order valence-electron chi connectivity index (χ2n) is 13.5. The Balaban J connectivity index is 1.84. The summed E-state index contributed by atoms with van der Waals surface area (Å²) in [6, 6.07) is 10.2. The fourth-order valence-electron chi connectivity index (χ4n) is 5.64. The number of amides is 2. The maximum Gasteiger partial charge on any atom is 0.410 e. The van der Waals surface area contributed by atoms with Gasteiger partial charge in [-0.15, -0.1) is 0 Å². The molecule has 0 unspecified atom stereocenters. The smallest absolute Gasteiger partial charge is 0.410 e. The van der Waals surface area contributed by atoms with Crippen molar-refractivity contribution in [2.24, 2.45) is 0 Å². The largest absolute Gasteiger partial charge is 0.493 e. The van der Waals surface area contributed by atoms with Crippen LogP contribution >= 0.6 is 0 Å². The van der Waals surface area contributed by atoms with E-state index < -0.39 is 5.60 Å². The van der Waals surface area contributed by atoms with Gasteiger partial charge in [0, 0.05) is 25.7 Å². The van der Waals surface area contributed by atoms with E-state index in [0.717, 1.165) is 72.1 Å². The number of hydrogen-bond donors (Lipinski definition) is 1. The summed E-state index contributed by atoms with van der Waals surface area (Å²) in [4.78, 5) is 28.1. The van der Waals surface area contributed by atoms with Gasteiger partial charge in [0.25, 0.3) is 5.91 Å². The van der Waals surface area contributed by atoms with Gasteiger partial charge in [0.1, 0.15) is 17.1 Å². The minimum Gasteiger partial charge on any atom is -0.493 e. The minimum absolute atomic E-state index is 0.171. The maximum absolute atomic E-state index is 13.4. The Bertz CT molecular complexity index is 1520. The van der Waals surface area contributed by atoms with Crippen molar-refractivity contribution in [3.63, 3.8) is 0 Å². The van der Waals surface area contributed by atoms with E-state index in [9.17, 15) is 9.59 Å². The van der Waals surface area contributed by atoms with Crippen molar-refractivity contribution in [2.45, 2.75) is 112 Å². The summed E-state index contributed by atoms with van der Waals surface area (Å²) in [5.41, 5.74) is 5.02. The molecule has 0 saturated carbocycles. The number of fused-ring (bicyclic) bond motifs is 1. The Morgan fingerprint density at radius 3 is 2.32 bits per heavy atom. The summed E-state index contributed by atoms with van der Waals surface area (Å²) in [5, 5.41) is 7.24. The number of aryl methyl sites for hydroxylation is 1. The third-order valence-electron chi connectivity index (χ3n) is 8.12. The van der Waals surface area contributed by atoms with Crippen LogP contribution in [0.2, 0.25) is 0 Å². The van der Waals surface area contributed by atoms with E-state index in [4.69, 9.17) is 18.7 Å². The number of benzene rings is 2. The van der Waals surface area contributed by atoms with Crippen LogP contribution < -0.4 is 14.8 Å². The average Bonchev–Trinajstić information content (AvgIpc) is 3.34. The average molecular weight is 648 g/mol. The van der Waals surface area contributed by atoms with Crippen LogP contribution in [0.25, 0.3) is 22.5 Å². The van der Waals surface area contributed by atoms with Gasteiger partial charge < -0.3 is 29.0 Å². The molecular weight excluding hydrogens is 594 g/mol. The number of unbranched alkanes of at least 4 members (excludes halogenated alkanes) is 2. The van der Waals surface area contributed by atoms with Gasteiger partial charge in [-0.25, -0.2) is 4.79 Å². The second-order valence-corrected chi connectivity index (χ2v) is 13.5. The van der Waals surface area contributed by atoms with Crippen LogP contribution in [0.15, 0.2) is 34.9 Å². The van der Waals surface area contributed by atoms with Crippen LogP contribution in [0, 0.1) is 0 Å². The molecule has 9 heteroatoms. The van der Waals surface area contributed by atoms with Gasteiger partial charge >= 0.3 is 6.09 Å². The van der Waals surface area contributed by atoms with Crippen molar-refractivity contribution < 1.29 is 28.3 Å². The van der Waals surface area contributed by atoms with Crippen LogP contribution in [-0.2, 0) is 17.7 Å². The predicted molar refractivity (Wildman–Crippen MR) is 185 cm³/mol. The fraction of sp³-hybridized carbons (Fsp3) is 0.553. The summed E-state index contributed by atoms with van der Waals surface area (Å²) in [7, 11) is 0. The number of hydrogen-bond acceptors (Lipinski definition) is 7. The lowest BCUT2D eigenvalue weighted by atomic mass is 9.92. The van der Waals surface area contributed by atoms with Crippen LogP contribution in [-0.4, -0.2) is 54.0 Å². The molecule has 0 bridgehead atoms. The van der Waals surface area contributed by atoms with Crippen molar-refractivity contribution in [3.05, 3.63) is 52.7 Å². The lowest BCUT2D eigenvalue weighted by molar-refractivity contribution is 0.0236. The Kier molecular flexibility index (Phi) is 12.4. The monoisotopic (exact) mass is 647 g/mol. The summed E-state index contributed by atoms with van der Waals surface area (Å²) in [5.74, 6) is 1.78. The molecule has 3 aromatic rings. The van der Waals surface area contributed by atoms with Gasteiger partial charge in [0.15, 0.2) is 11.5 Å². The third-order valence-corrected chi connectivity index (χ3v) is 8.12. The van der Waals surface area contributed by atoms with Crippen LogP contribution in [0.3, 0.4) is 0 Å². The maximum atomic E-state index is 13.4. The number of carbonyl (C=O) groups excluding carboxylic acids is 2. The zero-order chi connectivity index (χ0) is 34.1. The molecular formula is C38H53N3O6. The van der Waals surface area contributed by atoms with E-state index in [2.05, 4.69) is 50.3 Å². The number of rotatable bonds is 13. The van der Waals surface area contributed by atoms with Crippen molar-refractivity contribution in [3.8, 4) is 33.9 Å². The van der Waals surface area contributed by atoms with Gasteiger partial charge in [-0.3, -0.25) is 4.79 Å². The first-order chi connectivity index (χ1) is 22.5. The molecule has 2 amide bonds. The molecule has 1 aromatic heterocycles. The second kappa shape index (κ2) is 16.2. The van der Waals surface area contributed by atoms with E-state index in [1.54, 1.807) is 4.90 Å². The van der Waals surface area contributed by atoms with E-state index >= 15 is 0 Å². The first-order valence-corrected chi connectivity index (χ1v) is 17.3. The minimum atomic E-state index is -0.565. The highest BCUT2D eigenvalue weighted by Crippen LogP contribution is 2.44. The Hall–Kier alpha value is -4.01. The molecule has 256 valence electrons. The molecule has 0 aliphatic carbocycles. The number of aromatic nitrogens is 1. The highest BCUT2D eigenvalue weighted by atomic mass is 16.6. The normalized spacial score (nSPS) is 13.3. The predicted octanol–water partition coefficient (Wildman–Crippen LogP) is 8.92. The van der Waals surface area contributed by atoms with Crippen molar-refractivity contribution in [2.75, 3.05) is 26.3 Å². The first-order valence-electron chi connectivity index (χ1n) is 17.3. The SMILES string of the molecule is CCCCOc1cc(OCCCC)c(C(C)C)cc1-c1onc(C(=O)NCC)c1-c1ccc2c(c1)CCCN(C(=O)OC(C)(C)C)C2. The van der Waals surface area contributed by atoms with Gasteiger partial charge in [0.05, 0.1) is 24.3 Å². The van der Waals surface area contributed by atoms with E-state index in [0.29, 0.717) is 49.9 Å². The molecule has 1 aliphatic rings. The summed E-state index contributed by atoms with van der Waals surface area (Å²) in [6.45, 7) is 18.7. The van der Waals surface area contributed by atoms with Crippen molar-refractivity contribution in [1.82, 2.24) is 15.4 Å². The highest BCUT2D eigenvalue weighted by Gasteiger charge is 2.30. The highest BCUT2D eigenvalue weighted by molar-refractivity contribution is 6.02. The number of carbonyl (C=O) groups is 2. The number of nitrogens with one attached hydrogen (secondary N) is 1. The van der Waals surface area contributed by atoms with E-state index in [1.807, 2.05) is 45.9 Å². The molecule has 0 saturated heterocycles. The summed E-state index contributed by atoms with van der Waals surface area (Å²) in [6.07, 6.45) is 5.16. The molecule has 0 atom stereocenters. The number of nitrogens with zero attached hydrogens (tertiary/aromatic N) is 2. The van der Waals surface area contributed by atoms with E-state index in [1.165, 1.54) is 0 Å². The molecule has 0 spiro atoms. The van der Waals surface area contributed by atoms with Crippen LogP contribution in [0.1, 0.15) is 121 Å². The first kappa shape index (κ1) is 35.8. The Labute approximate surface area is 280 Å². The Morgan fingerprint density at radius 1 is 0.979 bits per heavy atom. The van der Waals surface area contributed by atoms with Crippen molar-refractivity contribution >= 4 is 12.0 Å². The van der Waals surface area contributed by atoms with Gasteiger partial charge in [-0.2, -0.15) is 0 Å². The van der Waals surface area contributed by atoms with E-state index in [-0.39, 0.29) is 23.6 Å². The lowest BCUT2D eigenvalue weighted by Crippen LogP contribution is -2.36. The molecule has 4 rings (SSSR count). The van der Waals surface area contributed by atoms with Crippen molar-refractivity contribution in [1.29, 1.82) is 0 Å². The summed E-state index contributed by atoms with van der Waals surface area (Å²) >= 11 is 0. The quantitative estimate of drug-likeness (QED) is 0.185. The van der Waals surface area contributed by atoms with Crippen LogP contribution in [0.5, 0.6) is 11.5 Å². The van der Waals surface area contributed by atoms with Gasteiger partial charge in [0.2, 0.25) is 0 Å². The fourth-order valence-corrected chi connectivity index (χ4v) is 5.64. The molecule has 0 fully saturated rings. The molecule has 47 heavy (non-hydrogen) atoms. The molecule has 2 heterocycles. The van der Waals surface area contributed by atoms with Crippen LogP contribution in [0.4, 0.5) is 4.79 Å². The number of ether oxygens (including phenoxy) is 3. The summed E-state index contributed by atoms with van der Waals surface area (Å²) < 4.78 is 24.4. The molecule has 1 N–H and O–H groups in total. The molecule has 1 aliphatic heterocycles. The molecule has 2 aromatic carbocycles. The van der Waals surface area contributed by atoms with Gasteiger partial charge in [-0.05, 0) is 87.6 Å². The van der Waals surface area contributed by atoms with Gasteiger partial charge in [-0.1, -0.05) is 63.9 Å². The zero-order valence-electron chi connectivity index (χ0n) is 29.6. The molecule has 0 radical (unpaired) electrons. The lowest BCUT2D eigenvalue weighted by Gasteiger charge is -2.26. The standard InChI is InChI=1S/C38H53N3O6/c1-9-12-19-44-31-23-32(45-20-13-10-2)30(22-29(31)25(4)5)35-33(34(40-47-35)36(42)39-11-3)27-16-17-28-24-41(18-14-15-26(28)21-27)37(43)46-38(6,7)8/h16-17,21-23,25H,9-15,18-20,24H2,1-8H3,(H,39,42). The molecule has 9 nitrogen and oxygen atoms in total. The topological polar surface area (TPSA) is 103 Å². The zero-order valence-corrected chi connectivity index (χ0v) is 29.6. The third kappa shape index (κ3) is 9.08. The Morgan fingerprint density at radius 2 is 1.68 bits per heavy atom.